The average molecular weight is 295 g/mol. The van der Waals surface area contributed by atoms with Crippen LogP contribution < -0.4 is 5.32 Å². The molecular weight excluding hydrogens is 274 g/mol. The third kappa shape index (κ3) is 4.29. The fourth-order valence-corrected chi connectivity index (χ4v) is 2.36. The third-order valence-electron chi connectivity index (χ3n) is 3.70. The second-order valence-electron chi connectivity index (χ2n) is 5.17. The van der Waals surface area contributed by atoms with Crippen molar-refractivity contribution in [2.24, 2.45) is 5.92 Å². The highest BCUT2D eigenvalue weighted by molar-refractivity contribution is 5.78. The molecule has 0 bridgehead atoms. The number of carbonyl (C=O) groups excluding carboxylic acids is 1. The van der Waals surface area contributed by atoms with Gasteiger partial charge >= 0.3 is 5.97 Å². The van der Waals surface area contributed by atoms with Gasteiger partial charge in [-0.1, -0.05) is 6.92 Å². The van der Waals surface area contributed by atoms with E-state index < -0.39 is 5.97 Å². The molecule has 0 atom stereocenters. The van der Waals surface area contributed by atoms with Crippen LogP contribution in [0.4, 0.5) is 0 Å². The first-order chi connectivity index (χ1) is 10.1. The van der Waals surface area contributed by atoms with Gasteiger partial charge in [-0.2, -0.15) is 0 Å². The van der Waals surface area contributed by atoms with Crippen LogP contribution in [0, 0.1) is 5.92 Å². The maximum atomic E-state index is 12.0. The molecule has 116 valence electrons. The first-order valence-corrected chi connectivity index (χ1v) is 7.25. The minimum absolute atomic E-state index is 0.0129. The fraction of sp³-hybridized carbons (Fsp3) is 0.643. The lowest BCUT2D eigenvalue weighted by atomic mass is 9.97. The van der Waals surface area contributed by atoms with Crippen molar-refractivity contribution in [3.05, 3.63) is 17.8 Å². The summed E-state index contributed by atoms with van der Waals surface area (Å²) in [6.45, 7) is 3.63. The molecule has 1 fully saturated rings. The van der Waals surface area contributed by atoms with Crippen LogP contribution in [0.2, 0.25) is 0 Å². The number of carbonyl (C=O) groups is 2. The Hall–Kier alpha value is -1.89. The number of oxazole rings is 1. The lowest BCUT2D eigenvalue weighted by molar-refractivity contribution is -0.145. The molecule has 1 saturated heterocycles. The maximum absolute atomic E-state index is 12.0. The van der Waals surface area contributed by atoms with Crippen LogP contribution in [0.25, 0.3) is 0 Å². The number of carboxylic acid groups (broad SMARTS) is 1. The molecule has 2 heterocycles. The lowest BCUT2D eigenvalue weighted by Gasteiger charge is -2.30. The predicted octanol–water partition coefficient (Wildman–Crippen LogP) is 0.650. The molecule has 2 N–H and O–H groups in total. The second kappa shape index (κ2) is 7.21. The largest absolute Gasteiger partial charge is 0.481 e. The Balaban J connectivity index is 1.69. The predicted molar refractivity (Wildman–Crippen MR) is 74.5 cm³/mol. The minimum Gasteiger partial charge on any atom is -0.481 e. The molecule has 1 aromatic heterocycles. The summed E-state index contributed by atoms with van der Waals surface area (Å²) in [6.07, 6.45) is 3.54. The van der Waals surface area contributed by atoms with E-state index in [-0.39, 0.29) is 18.4 Å². The van der Waals surface area contributed by atoms with Crippen molar-refractivity contribution in [2.45, 2.75) is 32.7 Å². The first-order valence-electron chi connectivity index (χ1n) is 7.25. The Labute approximate surface area is 123 Å². The standard InChI is InChI=1S/C14H21N3O4/c1-2-11-7-16-12(21-11)8-15-9-13(18)17-5-3-10(4-6-17)14(19)20/h7,10,15H,2-6,8-9H2,1H3,(H,19,20). The molecule has 1 amide bonds. The van der Waals surface area contributed by atoms with Crippen LogP contribution in [0.1, 0.15) is 31.4 Å². The quantitative estimate of drug-likeness (QED) is 0.800. The molecule has 0 aliphatic carbocycles. The van der Waals surface area contributed by atoms with Gasteiger partial charge in [0.05, 0.1) is 25.2 Å². The molecule has 0 spiro atoms. The van der Waals surface area contributed by atoms with E-state index >= 15 is 0 Å². The van der Waals surface area contributed by atoms with Gasteiger partial charge in [0, 0.05) is 19.5 Å². The Kier molecular flexibility index (Phi) is 5.32. The molecule has 21 heavy (non-hydrogen) atoms. The van der Waals surface area contributed by atoms with Crippen molar-refractivity contribution in [3.63, 3.8) is 0 Å². The van der Waals surface area contributed by atoms with Crippen molar-refractivity contribution < 1.29 is 19.1 Å². The third-order valence-corrected chi connectivity index (χ3v) is 3.70. The number of nitrogens with zero attached hydrogens (tertiary/aromatic N) is 2. The van der Waals surface area contributed by atoms with Crippen molar-refractivity contribution >= 4 is 11.9 Å². The minimum atomic E-state index is -0.768. The molecular formula is C14H21N3O4. The van der Waals surface area contributed by atoms with Gasteiger partial charge in [0.15, 0.2) is 0 Å². The van der Waals surface area contributed by atoms with Gasteiger partial charge in [-0.3, -0.25) is 14.9 Å². The van der Waals surface area contributed by atoms with Crippen LogP contribution in [0.5, 0.6) is 0 Å². The van der Waals surface area contributed by atoms with Crippen LogP contribution in [0.3, 0.4) is 0 Å². The molecule has 0 saturated carbocycles. The highest BCUT2D eigenvalue weighted by atomic mass is 16.4. The zero-order valence-electron chi connectivity index (χ0n) is 12.2. The molecule has 7 heteroatoms. The number of hydrogen-bond acceptors (Lipinski definition) is 5. The van der Waals surface area contributed by atoms with E-state index in [9.17, 15) is 9.59 Å². The highest BCUT2D eigenvalue weighted by Gasteiger charge is 2.26. The van der Waals surface area contributed by atoms with Gasteiger partial charge in [-0.05, 0) is 12.8 Å². The number of piperidine rings is 1. The number of nitrogens with one attached hydrogen (secondary N) is 1. The van der Waals surface area contributed by atoms with E-state index in [1.807, 2.05) is 6.92 Å². The highest BCUT2D eigenvalue weighted by Crippen LogP contribution is 2.17. The summed E-state index contributed by atoms with van der Waals surface area (Å²) >= 11 is 0. The van der Waals surface area contributed by atoms with E-state index in [1.165, 1.54) is 0 Å². The van der Waals surface area contributed by atoms with Crippen LogP contribution >= 0.6 is 0 Å². The van der Waals surface area contributed by atoms with Crippen molar-refractivity contribution in [1.29, 1.82) is 0 Å². The van der Waals surface area contributed by atoms with E-state index in [0.29, 0.717) is 38.4 Å². The smallest absolute Gasteiger partial charge is 0.306 e. The Bertz CT molecular complexity index is 492. The molecule has 7 nitrogen and oxygen atoms in total. The maximum Gasteiger partial charge on any atom is 0.306 e. The van der Waals surface area contributed by atoms with Gasteiger partial charge in [0.2, 0.25) is 11.8 Å². The fourth-order valence-electron chi connectivity index (χ4n) is 2.36. The van der Waals surface area contributed by atoms with Crippen molar-refractivity contribution in [3.8, 4) is 0 Å². The summed E-state index contributed by atoms with van der Waals surface area (Å²) in [6, 6.07) is 0. The number of hydrogen-bond donors (Lipinski definition) is 2. The summed E-state index contributed by atoms with van der Waals surface area (Å²) < 4.78 is 5.44. The van der Waals surface area contributed by atoms with E-state index in [2.05, 4.69) is 10.3 Å². The second-order valence-corrected chi connectivity index (χ2v) is 5.17. The Morgan fingerprint density at radius 3 is 2.76 bits per heavy atom. The molecule has 2 rings (SSSR count). The Morgan fingerprint density at radius 1 is 1.48 bits per heavy atom. The number of likely N-dealkylation sites (tertiary alicyclic amines) is 1. The summed E-state index contributed by atoms with van der Waals surface area (Å²) in [5.41, 5.74) is 0. The topological polar surface area (TPSA) is 95.7 Å². The lowest BCUT2D eigenvalue weighted by Crippen LogP contribution is -2.44. The SMILES string of the molecule is CCc1cnc(CNCC(=O)N2CCC(C(=O)O)CC2)o1. The summed E-state index contributed by atoms with van der Waals surface area (Å²) in [7, 11) is 0. The normalized spacial score (nSPS) is 16.1. The Morgan fingerprint density at radius 2 is 2.19 bits per heavy atom. The molecule has 0 unspecified atom stereocenters. The first kappa shape index (κ1) is 15.5. The van der Waals surface area contributed by atoms with Gasteiger partial charge < -0.3 is 14.4 Å². The van der Waals surface area contributed by atoms with Gasteiger partial charge in [0.25, 0.3) is 0 Å². The van der Waals surface area contributed by atoms with E-state index in [4.69, 9.17) is 9.52 Å². The number of aliphatic carboxylic acids is 1. The van der Waals surface area contributed by atoms with Gasteiger partial charge in [-0.15, -0.1) is 0 Å². The zero-order chi connectivity index (χ0) is 15.2. The van der Waals surface area contributed by atoms with E-state index in [1.54, 1.807) is 11.1 Å². The number of carboxylic acids is 1. The molecule has 0 radical (unpaired) electrons. The van der Waals surface area contributed by atoms with Gasteiger partial charge in [-0.25, -0.2) is 4.98 Å². The monoisotopic (exact) mass is 295 g/mol. The average Bonchev–Trinajstić information content (AvgIpc) is 2.95. The van der Waals surface area contributed by atoms with Crippen LogP contribution in [-0.4, -0.2) is 46.5 Å². The van der Waals surface area contributed by atoms with Crippen LogP contribution in [0.15, 0.2) is 10.6 Å². The van der Waals surface area contributed by atoms with Crippen molar-refractivity contribution in [2.75, 3.05) is 19.6 Å². The van der Waals surface area contributed by atoms with Crippen LogP contribution in [-0.2, 0) is 22.6 Å². The summed E-state index contributed by atoms with van der Waals surface area (Å²) in [5, 5.41) is 11.9. The number of aromatic nitrogens is 1. The van der Waals surface area contributed by atoms with Gasteiger partial charge in [0.1, 0.15) is 5.76 Å². The summed E-state index contributed by atoms with van der Waals surface area (Å²) in [5.74, 6) is 0.303. The summed E-state index contributed by atoms with van der Waals surface area (Å²) in [4.78, 5) is 28.7. The molecule has 1 aromatic rings. The number of amides is 1. The zero-order valence-corrected chi connectivity index (χ0v) is 12.2. The molecule has 0 aromatic carbocycles. The van der Waals surface area contributed by atoms with Crippen molar-refractivity contribution in [1.82, 2.24) is 15.2 Å². The van der Waals surface area contributed by atoms with E-state index in [0.717, 1.165) is 12.2 Å². The number of rotatable bonds is 6. The molecule has 1 aliphatic rings. The number of aryl methyl sites for hydroxylation is 1. The molecule has 1 aliphatic heterocycles.